The average molecular weight is 320 g/mol. The van der Waals surface area contributed by atoms with Crippen LogP contribution in [0.15, 0.2) is 30.3 Å². The zero-order chi connectivity index (χ0) is 16.7. The molecule has 2 atom stereocenters. The van der Waals surface area contributed by atoms with Crippen molar-refractivity contribution in [2.75, 3.05) is 13.2 Å². The van der Waals surface area contributed by atoms with Crippen molar-refractivity contribution in [1.29, 1.82) is 0 Å². The summed E-state index contributed by atoms with van der Waals surface area (Å²) < 4.78 is 10.6. The SMILES string of the molecule is CCNC(=O)NC(=O)[C@H](OC(=O)[C@H]1CCCO1)c1ccccc1. The molecule has 2 N–H and O–H groups in total. The second-order valence-electron chi connectivity index (χ2n) is 5.08. The molecule has 0 bridgehead atoms. The van der Waals surface area contributed by atoms with E-state index in [1.165, 1.54) is 0 Å². The van der Waals surface area contributed by atoms with Gasteiger partial charge in [-0.1, -0.05) is 30.3 Å². The molecule has 1 aromatic carbocycles. The second kappa shape index (κ2) is 8.28. The number of benzene rings is 1. The number of esters is 1. The summed E-state index contributed by atoms with van der Waals surface area (Å²) in [7, 11) is 0. The molecule has 1 aliphatic rings. The summed E-state index contributed by atoms with van der Waals surface area (Å²) in [6.07, 6.45) is -0.506. The van der Waals surface area contributed by atoms with Crippen molar-refractivity contribution in [3.63, 3.8) is 0 Å². The van der Waals surface area contributed by atoms with Gasteiger partial charge in [0.2, 0.25) is 6.10 Å². The molecule has 0 radical (unpaired) electrons. The third-order valence-electron chi connectivity index (χ3n) is 3.34. The standard InChI is InChI=1S/C16H20N2O5/c1-2-17-16(21)18-14(19)13(11-7-4-3-5-8-11)23-15(20)12-9-6-10-22-12/h3-5,7-8,12-13H,2,6,9-10H2,1H3,(H2,17,18,19,21)/t12-,13-/m1/s1. The van der Waals surface area contributed by atoms with E-state index in [1.807, 2.05) is 0 Å². The largest absolute Gasteiger partial charge is 0.445 e. The molecule has 0 saturated carbocycles. The minimum absolute atomic E-state index is 0.380. The van der Waals surface area contributed by atoms with Gasteiger partial charge in [0.1, 0.15) is 0 Å². The number of rotatable bonds is 5. The fourth-order valence-electron chi connectivity index (χ4n) is 2.24. The minimum Gasteiger partial charge on any atom is -0.445 e. The predicted octanol–water partition coefficient (Wildman–Crippen LogP) is 1.30. The molecule has 0 aliphatic carbocycles. The zero-order valence-corrected chi connectivity index (χ0v) is 12.9. The van der Waals surface area contributed by atoms with Crippen molar-refractivity contribution >= 4 is 17.9 Å². The Morgan fingerprint density at radius 2 is 2.04 bits per heavy atom. The van der Waals surface area contributed by atoms with E-state index in [2.05, 4.69) is 10.6 Å². The van der Waals surface area contributed by atoms with E-state index >= 15 is 0 Å². The lowest BCUT2D eigenvalue weighted by Gasteiger charge is -2.19. The van der Waals surface area contributed by atoms with E-state index in [1.54, 1.807) is 37.3 Å². The van der Waals surface area contributed by atoms with Crippen LogP contribution < -0.4 is 10.6 Å². The van der Waals surface area contributed by atoms with Gasteiger partial charge in [0.05, 0.1) is 0 Å². The molecule has 3 amide bonds. The van der Waals surface area contributed by atoms with E-state index in [-0.39, 0.29) is 0 Å². The highest BCUT2D eigenvalue weighted by Crippen LogP contribution is 2.21. The Morgan fingerprint density at radius 1 is 1.30 bits per heavy atom. The van der Waals surface area contributed by atoms with Gasteiger partial charge in [-0.05, 0) is 19.8 Å². The molecule has 124 valence electrons. The van der Waals surface area contributed by atoms with Crippen LogP contribution in [0.3, 0.4) is 0 Å². The molecule has 0 unspecified atom stereocenters. The Hall–Kier alpha value is -2.41. The van der Waals surface area contributed by atoms with Crippen LogP contribution in [-0.4, -0.2) is 37.2 Å². The molecule has 1 saturated heterocycles. The maximum absolute atomic E-state index is 12.3. The van der Waals surface area contributed by atoms with Crippen LogP contribution in [0.25, 0.3) is 0 Å². The van der Waals surface area contributed by atoms with Crippen LogP contribution in [0.2, 0.25) is 0 Å². The van der Waals surface area contributed by atoms with Crippen molar-refractivity contribution in [2.24, 2.45) is 0 Å². The zero-order valence-electron chi connectivity index (χ0n) is 12.9. The van der Waals surface area contributed by atoms with Gasteiger partial charge in [-0.2, -0.15) is 0 Å². The first-order valence-electron chi connectivity index (χ1n) is 7.57. The maximum Gasteiger partial charge on any atom is 0.336 e. The number of urea groups is 1. The summed E-state index contributed by atoms with van der Waals surface area (Å²) in [4.78, 5) is 35.9. The molecule has 0 aromatic heterocycles. The first kappa shape index (κ1) is 17.0. The fourth-order valence-corrected chi connectivity index (χ4v) is 2.24. The van der Waals surface area contributed by atoms with E-state index in [9.17, 15) is 14.4 Å². The third-order valence-corrected chi connectivity index (χ3v) is 3.34. The van der Waals surface area contributed by atoms with E-state index in [4.69, 9.17) is 9.47 Å². The lowest BCUT2D eigenvalue weighted by molar-refractivity contribution is -0.164. The molecule has 1 fully saturated rings. The first-order valence-corrected chi connectivity index (χ1v) is 7.57. The van der Waals surface area contributed by atoms with Crippen LogP contribution in [-0.2, 0) is 19.1 Å². The highest BCUT2D eigenvalue weighted by atomic mass is 16.6. The summed E-state index contributed by atoms with van der Waals surface area (Å²) in [6, 6.07) is 7.91. The van der Waals surface area contributed by atoms with Crippen LogP contribution in [0.5, 0.6) is 0 Å². The van der Waals surface area contributed by atoms with E-state index in [0.717, 1.165) is 6.42 Å². The predicted molar refractivity (Wildman–Crippen MR) is 81.5 cm³/mol. The van der Waals surface area contributed by atoms with Crippen molar-refractivity contribution in [2.45, 2.75) is 32.0 Å². The van der Waals surface area contributed by atoms with Gasteiger partial charge in [-0.3, -0.25) is 10.1 Å². The quantitative estimate of drug-likeness (QED) is 0.798. The molecule has 23 heavy (non-hydrogen) atoms. The number of carbonyl (C=O) groups is 3. The Labute approximate surface area is 134 Å². The van der Waals surface area contributed by atoms with Gasteiger partial charge < -0.3 is 14.8 Å². The highest BCUT2D eigenvalue weighted by Gasteiger charge is 2.32. The number of amides is 3. The normalized spacial score (nSPS) is 18.0. The van der Waals surface area contributed by atoms with Crippen molar-refractivity contribution in [3.05, 3.63) is 35.9 Å². The number of imide groups is 1. The van der Waals surface area contributed by atoms with Crippen LogP contribution in [0, 0.1) is 0 Å². The summed E-state index contributed by atoms with van der Waals surface area (Å²) in [5.41, 5.74) is 0.487. The lowest BCUT2D eigenvalue weighted by atomic mass is 10.1. The van der Waals surface area contributed by atoms with Crippen LogP contribution in [0.1, 0.15) is 31.4 Å². The van der Waals surface area contributed by atoms with Crippen LogP contribution in [0.4, 0.5) is 4.79 Å². The molecule has 7 heteroatoms. The van der Waals surface area contributed by atoms with Gasteiger partial charge >= 0.3 is 12.0 Å². The number of nitrogens with one attached hydrogen (secondary N) is 2. The fraction of sp³-hybridized carbons (Fsp3) is 0.438. The number of ether oxygens (including phenoxy) is 2. The summed E-state index contributed by atoms with van der Waals surface area (Å²) in [5, 5.41) is 4.62. The Bertz CT molecular complexity index is 555. The second-order valence-corrected chi connectivity index (χ2v) is 5.08. The van der Waals surface area contributed by atoms with E-state index < -0.39 is 30.1 Å². The van der Waals surface area contributed by atoms with Crippen molar-refractivity contribution in [1.82, 2.24) is 10.6 Å². The Balaban J connectivity index is 2.10. The minimum atomic E-state index is -1.20. The van der Waals surface area contributed by atoms with Gasteiger partial charge in [-0.15, -0.1) is 0 Å². The van der Waals surface area contributed by atoms with Gasteiger partial charge in [0, 0.05) is 18.7 Å². The highest BCUT2D eigenvalue weighted by molar-refractivity contribution is 5.97. The summed E-state index contributed by atoms with van der Waals surface area (Å²) >= 11 is 0. The topological polar surface area (TPSA) is 93.7 Å². The molecule has 1 aromatic rings. The molecular weight excluding hydrogens is 300 g/mol. The number of hydrogen-bond acceptors (Lipinski definition) is 5. The van der Waals surface area contributed by atoms with Crippen LogP contribution >= 0.6 is 0 Å². The molecule has 0 spiro atoms. The maximum atomic E-state index is 12.3. The number of carbonyl (C=O) groups excluding carboxylic acids is 3. The van der Waals surface area contributed by atoms with Crippen molar-refractivity contribution < 1.29 is 23.9 Å². The van der Waals surface area contributed by atoms with Gasteiger partial charge in [-0.25, -0.2) is 9.59 Å². The van der Waals surface area contributed by atoms with Crippen molar-refractivity contribution in [3.8, 4) is 0 Å². The molecule has 1 aliphatic heterocycles. The smallest absolute Gasteiger partial charge is 0.336 e. The summed E-state index contributed by atoms with van der Waals surface area (Å²) in [5.74, 6) is -1.30. The summed E-state index contributed by atoms with van der Waals surface area (Å²) in [6.45, 7) is 2.61. The third kappa shape index (κ3) is 4.79. The first-order chi connectivity index (χ1) is 11.1. The molecule has 2 rings (SSSR count). The van der Waals surface area contributed by atoms with Gasteiger partial charge in [0.15, 0.2) is 6.10 Å². The molecular formula is C16H20N2O5. The van der Waals surface area contributed by atoms with Gasteiger partial charge in [0.25, 0.3) is 5.91 Å². The lowest BCUT2D eigenvalue weighted by Crippen LogP contribution is -2.43. The van der Waals surface area contributed by atoms with E-state index in [0.29, 0.717) is 25.1 Å². The average Bonchev–Trinajstić information content (AvgIpc) is 3.07. The monoisotopic (exact) mass is 320 g/mol. The molecule has 1 heterocycles. The number of hydrogen-bond donors (Lipinski definition) is 2. The Kier molecular flexibility index (Phi) is 6.10. The Morgan fingerprint density at radius 3 is 2.65 bits per heavy atom. The molecule has 7 nitrogen and oxygen atoms in total.